The second-order valence-electron chi connectivity index (χ2n) is 1.80. The van der Waals surface area contributed by atoms with E-state index in [4.69, 9.17) is 0 Å². The van der Waals surface area contributed by atoms with Crippen LogP contribution in [0.5, 0.6) is 0 Å². The van der Waals surface area contributed by atoms with Crippen molar-refractivity contribution in [2.75, 3.05) is 7.11 Å². The summed E-state index contributed by atoms with van der Waals surface area (Å²) in [4.78, 5) is 19.0. The van der Waals surface area contributed by atoms with E-state index in [1.54, 1.807) is 18.3 Å². The maximum absolute atomic E-state index is 10.9. The van der Waals surface area contributed by atoms with Gasteiger partial charge in [0.25, 0.3) is 5.91 Å². The molecule has 0 saturated carbocycles. The van der Waals surface area contributed by atoms with Crippen LogP contribution >= 0.6 is 0 Å². The quantitative estimate of drug-likeness (QED) is 0.613. The number of hydrogen-bond acceptors (Lipinski definition) is 3. The zero-order chi connectivity index (χ0) is 8.10. The van der Waals surface area contributed by atoms with Crippen molar-refractivity contribution >= 4 is 5.91 Å². The molecule has 4 nitrogen and oxygen atoms in total. The average molecular weight is 151 g/mol. The molecular formula is C7H7N2O2. The van der Waals surface area contributed by atoms with Crippen molar-refractivity contribution in [1.82, 2.24) is 10.5 Å². The van der Waals surface area contributed by atoms with E-state index in [-0.39, 0.29) is 5.91 Å². The van der Waals surface area contributed by atoms with Crippen molar-refractivity contribution < 1.29 is 9.63 Å². The SMILES string of the molecule is CONC(=O)c1[c]nccc1. The molecule has 0 aliphatic carbocycles. The van der Waals surface area contributed by atoms with Crippen molar-refractivity contribution in [2.45, 2.75) is 0 Å². The van der Waals surface area contributed by atoms with Gasteiger partial charge in [-0.2, -0.15) is 0 Å². The molecule has 1 radical (unpaired) electrons. The summed E-state index contributed by atoms with van der Waals surface area (Å²) in [6.07, 6.45) is 4.06. The Morgan fingerprint density at radius 1 is 1.82 bits per heavy atom. The lowest BCUT2D eigenvalue weighted by molar-refractivity contribution is 0.0537. The smallest absolute Gasteiger partial charge is 0.277 e. The zero-order valence-electron chi connectivity index (χ0n) is 6.00. The van der Waals surface area contributed by atoms with Crippen LogP contribution in [0.15, 0.2) is 18.3 Å². The average Bonchev–Trinajstić information content (AvgIpc) is 2.07. The number of pyridine rings is 1. The standard InChI is InChI=1S/C7H7N2O2/c1-11-9-7(10)6-3-2-4-8-5-6/h2-4H,1H3,(H,9,10). The second kappa shape index (κ2) is 3.68. The highest BCUT2D eigenvalue weighted by atomic mass is 16.6. The number of amides is 1. The molecule has 1 heterocycles. The normalized spacial score (nSPS) is 9.18. The van der Waals surface area contributed by atoms with Gasteiger partial charge >= 0.3 is 0 Å². The third kappa shape index (κ3) is 2.01. The van der Waals surface area contributed by atoms with E-state index in [1.807, 2.05) is 0 Å². The molecule has 1 N–H and O–H groups in total. The number of rotatable bonds is 2. The maximum atomic E-state index is 10.9. The number of nitrogens with zero attached hydrogens (tertiary/aromatic N) is 1. The second-order valence-corrected chi connectivity index (χ2v) is 1.80. The topological polar surface area (TPSA) is 51.2 Å². The molecule has 1 aromatic rings. The van der Waals surface area contributed by atoms with Crippen LogP contribution in [-0.2, 0) is 4.84 Å². The molecule has 0 bridgehead atoms. The van der Waals surface area contributed by atoms with E-state index >= 15 is 0 Å². The van der Waals surface area contributed by atoms with Crippen molar-refractivity contribution in [3.63, 3.8) is 0 Å². The van der Waals surface area contributed by atoms with Gasteiger partial charge < -0.3 is 0 Å². The molecule has 57 valence electrons. The summed E-state index contributed by atoms with van der Waals surface area (Å²) in [5.41, 5.74) is 2.51. The predicted molar refractivity (Wildman–Crippen MR) is 37.5 cm³/mol. The van der Waals surface area contributed by atoms with Crippen LogP contribution in [0.2, 0.25) is 0 Å². The van der Waals surface area contributed by atoms with Gasteiger partial charge in [-0.1, -0.05) is 0 Å². The first kappa shape index (κ1) is 7.68. The molecule has 1 rings (SSSR count). The van der Waals surface area contributed by atoms with Crippen LogP contribution in [0.25, 0.3) is 0 Å². The van der Waals surface area contributed by atoms with Crippen molar-refractivity contribution in [1.29, 1.82) is 0 Å². The van der Waals surface area contributed by atoms with Gasteiger partial charge in [0.15, 0.2) is 0 Å². The number of nitrogens with one attached hydrogen (secondary N) is 1. The van der Waals surface area contributed by atoms with E-state index in [0.717, 1.165) is 0 Å². The Morgan fingerprint density at radius 3 is 3.18 bits per heavy atom. The number of aromatic nitrogens is 1. The minimum absolute atomic E-state index is 0.347. The summed E-state index contributed by atoms with van der Waals surface area (Å²) in [5.74, 6) is -0.347. The molecule has 0 fully saturated rings. The summed E-state index contributed by atoms with van der Waals surface area (Å²) in [7, 11) is 1.37. The molecule has 0 aromatic carbocycles. The van der Waals surface area contributed by atoms with Crippen LogP contribution in [0.4, 0.5) is 0 Å². The van der Waals surface area contributed by atoms with Crippen molar-refractivity contribution in [3.05, 3.63) is 30.1 Å². The number of carbonyl (C=O) groups is 1. The highest BCUT2D eigenvalue weighted by molar-refractivity contribution is 5.92. The van der Waals surface area contributed by atoms with E-state index in [2.05, 4.69) is 21.5 Å². The Morgan fingerprint density at radius 2 is 2.64 bits per heavy atom. The summed E-state index contributed by atoms with van der Waals surface area (Å²) in [6.45, 7) is 0. The van der Waals surface area contributed by atoms with E-state index in [0.29, 0.717) is 5.56 Å². The summed E-state index contributed by atoms with van der Waals surface area (Å²) in [6, 6.07) is 3.25. The molecule has 0 aliphatic heterocycles. The Hall–Kier alpha value is -1.42. The minimum Gasteiger partial charge on any atom is -0.277 e. The van der Waals surface area contributed by atoms with Crippen LogP contribution in [0.3, 0.4) is 0 Å². The van der Waals surface area contributed by atoms with Crippen LogP contribution in [0.1, 0.15) is 10.4 Å². The Kier molecular flexibility index (Phi) is 2.57. The first-order valence-corrected chi connectivity index (χ1v) is 3.00. The molecule has 0 unspecified atom stereocenters. The largest absolute Gasteiger partial charge is 0.277 e. The van der Waals surface area contributed by atoms with Gasteiger partial charge in [0.1, 0.15) is 6.20 Å². The van der Waals surface area contributed by atoms with Gasteiger partial charge in [-0.3, -0.25) is 14.6 Å². The molecule has 4 heteroatoms. The highest BCUT2D eigenvalue weighted by Crippen LogP contribution is 1.92. The van der Waals surface area contributed by atoms with Crippen molar-refractivity contribution in [2.24, 2.45) is 0 Å². The zero-order valence-corrected chi connectivity index (χ0v) is 6.00. The van der Waals surface area contributed by atoms with E-state index in [9.17, 15) is 4.79 Å². The lowest BCUT2D eigenvalue weighted by Gasteiger charge is -1.98. The van der Waals surface area contributed by atoms with Crippen LogP contribution in [0, 0.1) is 6.20 Å². The van der Waals surface area contributed by atoms with E-state index < -0.39 is 0 Å². The fourth-order valence-corrected chi connectivity index (χ4v) is 0.601. The molecular weight excluding hydrogens is 144 g/mol. The van der Waals surface area contributed by atoms with Gasteiger partial charge in [-0.15, -0.1) is 0 Å². The highest BCUT2D eigenvalue weighted by Gasteiger charge is 2.02. The van der Waals surface area contributed by atoms with Crippen LogP contribution in [-0.4, -0.2) is 18.0 Å². The lowest BCUT2D eigenvalue weighted by atomic mass is 10.3. The molecule has 11 heavy (non-hydrogen) atoms. The summed E-state index contributed by atoms with van der Waals surface area (Å²) in [5, 5.41) is 0. The first-order chi connectivity index (χ1) is 5.34. The van der Waals surface area contributed by atoms with E-state index in [1.165, 1.54) is 7.11 Å². The number of hydroxylamine groups is 1. The van der Waals surface area contributed by atoms with Gasteiger partial charge in [0.05, 0.1) is 12.7 Å². The molecule has 1 amide bonds. The number of carbonyl (C=O) groups excluding carboxylic acids is 1. The minimum atomic E-state index is -0.347. The molecule has 0 spiro atoms. The summed E-state index contributed by atoms with van der Waals surface area (Å²) < 4.78 is 0. The van der Waals surface area contributed by atoms with Gasteiger partial charge in [-0.05, 0) is 12.1 Å². The van der Waals surface area contributed by atoms with Gasteiger partial charge in [-0.25, -0.2) is 5.48 Å². The first-order valence-electron chi connectivity index (χ1n) is 3.00. The summed E-state index contributed by atoms with van der Waals surface area (Å²) >= 11 is 0. The third-order valence-electron chi connectivity index (χ3n) is 1.05. The van der Waals surface area contributed by atoms with Gasteiger partial charge in [0, 0.05) is 6.20 Å². The monoisotopic (exact) mass is 151 g/mol. The fraction of sp³-hybridized carbons (Fsp3) is 0.143. The molecule has 0 aliphatic rings. The fourth-order valence-electron chi connectivity index (χ4n) is 0.601. The predicted octanol–water partition coefficient (Wildman–Crippen LogP) is 0.173. The number of hydrogen-bond donors (Lipinski definition) is 1. The molecule has 0 saturated heterocycles. The maximum Gasteiger partial charge on any atom is 0.277 e. The molecule has 0 atom stereocenters. The Labute approximate surface area is 64.2 Å². The lowest BCUT2D eigenvalue weighted by Crippen LogP contribution is -2.21. The Bertz CT molecular complexity index is 235. The molecule has 1 aromatic heterocycles. The van der Waals surface area contributed by atoms with Crippen LogP contribution < -0.4 is 5.48 Å². The third-order valence-corrected chi connectivity index (χ3v) is 1.05. The van der Waals surface area contributed by atoms with Crippen molar-refractivity contribution in [3.8, 4) is 0 Å². The van der Waals surface area contributed by atoms with Gasteiger partial charge in [0.2, 0.25) is 0 Å². The Balaban J connectivity index is 2.69.